The van der Waals surface area contributed by atoms with E-state index in [1.54, 1.807) is 0 Å². The second-order valence-corrected chi connectivity index (χ2v) is 5.78. The van der Waals surface area contributed by atoms with Crippen molar-refractivity contribution in [1.82, 2.24) is 15.1 Å². The fourth-order valence-electron chi connectivity index (χ4n) is 3.23. The molecule has 2 saturated heterocycles. The lowest BCUT2D eigenvalue weighted by atomic mass is 9.99. The predicted molar refractivity (Wildman–Crippen MR) is 74.8 cm³/mol. The summed E-state index contributed by atoms with van der Waals surface area (Å²) in [6, 6.07) is 1.03. The van der Waals surface area contributed by atoms with Crippen LogP contribution in [0.5, 0.6) is 0 Å². The molecule has 2 unspecified atom stereocenters. The first-order chi connectivity index (χ1) is 8.83. The summed E-state index contributed by atoms with van der Waals surface area (Å²) in [5, 5.41) is 12.8. The minimum absolute atomic E-state index is 0.250. The van der Waals surface area contributed by atoms with E-state index in [2.05, 4.69) is 22.0 Å². The molecule has 2 N–H and O–H groups in total. The van der Waals surface area contributed by atoms with Gasteiger partial charge in [0.05, 0.1) is 6.61 Å². The van der Waals surface area contributed by atoms with Crippen LogP contribution in [0.2, 0.25) is 0 Å². The normalized spacial score (nSPS) is 28.0. The number of nitrogens with zero attached hydrogens (tertiary/aromatic N) is 2. The van der Waals surface area contributed by atoms with E-state index < -0.39 is 0 Å². The number of piperazine rings is 1. The highest BCUT2D eigenvalue weighted by molar-refractivity contribution is 4.86. The van der Waals surface area contributed by atoms with Gasteiger partial charge in [0.1, 0.15) is 0 Å². The van der Waals surface area contributed by atoms with Gasteiger partial charge in [0, 0.05) is 38.3 Å². The molecule has 0 bridgehead atoms. The Morgan fingerprint density at radius 2 is 2.17 bits per heavy atom. The summed E-state index contributed by atoms with van der Waals surface area (Å²) >= 11 is 0. The second-order valence-electron chi connectivity index (χ2n) is 5.78. The molecule has 0 aliphatic carbocycles. The van der Waals surface area contributed by atoms with Crippen molar-refractivity contribution >= 4 is 0 Å². The number of hydrogen-bond donors (Lipinski definition) is 2. The van der Waals surface area contributed by atoms with Crippen LogP contribution in [0.15, 0.2) is 0 Å². The smallest absolute Gasteiger partial charge is 0.0597 e. The maximum Gasteiger partial charge on any atom is 0.0597 e. The Kier molecular flexibility index (Phi) is 5.89. The Morgan fingerprint density at radius 3 is 2.94 bits per heavy atom. The quantitative estimate of drug-likeness (QED) is 0.726. The number of aliphatic hydroxyl groups excluding tert-OH is 1. The molecule has 0 aromatic rings. The first-order valence-corrected chi connectivity index (χ1v) is 7.64. The van der Waals surface area contributed by atoms with Crippen LogP contribution in [0.4, 0.5) is 0 Å². The van der Waals surface area contributed by atoms with Crippen LogP contribution in [-0.2, 0) is 0 Å². The Labute approximate surface area is 111 Å². The number of hydrogen-bond acceptors (Lipinski definition) is 4. The summed E-state index contributed by atoms with van der Waals surface area (Å²) in [7, 11) is 0. The van der Waals surface area contributed by atoms with Gasteiger partial charge in [-0.15, -0.1) is 0 Å². The van der Waals surface area contributed by atoms with Crippen molar-refractivity contribution in [3.05, 3.63) is 0 Å². The van der Waals surface area contributed by atoms with Crippen molar-refractivity contribution in [3.8, 4) is 0 Å². The summed E-state index contributed by atoms with van der Waals surface area (Å²) in [6.45, 7) is 9.32. The molecule has 0 aromatic heterocycles. The molecule has 0 spiro atoms. The van der Waals surface area contributed by atoms with E-state index in [4.69, 9.17) is 0 Å². The first-order valence-electron chi connectivity index (χ1n) is 7.64. The molecular weight excluding hydrogens is 226 g/mol. The minimum atomic E-state index is 0.250. The predicted octanol–water partition coefficient (Wildman–Crippen LogP) is 0.517. The number of piperidine rings is 1. The van der Waals surface area contributed by atoms with Crippen LogP contribution in [0.1, 0.15) is 32.6 Å². The number of rotatable bonds is 6. The zero-order chi connectivity index (χ0) is 12.8. The number of nitrogens with one attached hydrogen (secondary N) is 1. The first kappa shape index (κ1) is 14.3. The maximum atomic E-state index is 9.42. The zero-order valence-electron chi connectivity index (χ0n) is 11.8. The molecule has 4 nitrogen and oxygen atoms in total. The van der Waals surface area contributed by atoms with Crippen molar-refractivity contribution in [2.24, 2.45) is 0 Å². The number of aliphatic hydroxyl groups is 1. The van der Waals surface area contributed by atoms with Gasteiger partial charge >= 0.3 is 0 Å². The SMILES string of the molecule is CCCNC(CO)CN1CCN2CCCCC2C1. The molecule has 2 atom stereocenters. The monoisotopic (exact) mass is 255 g/mol. The zero-order valence-corrected chi connectivity index (χ0v) is 11.8. The highest BCUT2D eigenvalue weighted by atomic mass is 16.3. The molecule has 18 heavy (non-hydrogen) atoms. The molecule has 0 saturated carbocycles. The van der Waals surface area contributed by atoms with Crippen molar-refractivity contribution in [2.45, 2.75) is 44.7 Å². The summed E-state index contributed by atoms with van der Waals surface area (Å²) < 4.78 is 0. The van der Waals surface area contributed by atoms with Gasteiger partial charge in [0.15, 0.2) is 0 Å². The maximum absolute atomic E-state index is 9.42. The van der Waals surface area contributed by atoms with Gasteiger partial charge in [-0.2, -0.15) is 0 Å². The lowest BCUT2D eigenvalue weighted by molar-refractivity contribution is 0.0407. The third-order valence-corrected chi connectivity index (χ3v) is 4.30. The van der Waals surface area contributed by atoms with Gasteiger partial charge in [-0.3, -0.25) is 9.80 Å². The van der Waals surface area contributed by atoms with Crippen LogP contribution in [0.3, 0.4) is 0 Å². The van der Waals surface area contributed by atoms with Gasteiger partial charge in [-0.05, 0) is 32.4 Å². The van der Waals surface area contributed by atoms with Crippen LogP contribution < -0.4 is 5.32 Å². The van der Waals surface area contributed by atoms with E-state index in [0.29, 0.717) is 0 Å². The fraction of sp³-hybridized carbons (Fsp3) is 1.00. The largest absolute Gasteiger partial charge is 0.395 e. The molecule has 106 valence electrons. The van der Waals surface area contributed by atoms with Crippen molar-refractivity contribution in [2.75, 3.05) is 45.9 Å². The standard InChI is InChI=1S/C14H29N3O/c1-2-6-15-13(12-18)10-16-8-9-17-7-4-3-5-14(17)11-16/h13-15,18H,2-12H2,1H3. The summed E-state index contributed by atoms with van der Waals surface area (Å²) in [4.78, 5) is 5.20. The second kappa shape index (κ2) is 7.43. The van der Waals surface area contributed by atoms with E-state index in [9.17, 15) is 5.11 Å². The summed E-state index contributed by atoms with van der Waals surface area (Å²) in [5.74, 6) is 0. The molecular formula is C14H29N3O. The van der Waals surface area contributed by atoms with E-state index in [0.717, 1.165) is 25.6 Å². The van der Waals surface area contributed by atoms with Crippen LogP contribution in [0.25, 0.3) is 0 Å². The Hall–Kier alpha value is -0.160. The van der Waals surface area contributed by atoms with Crippen LogP contribution in [-0.4, -0.2) is 72.9 Å². The summed E-state index contributed by atoms with van der Waals surface area (Å²) in [5.41, 5.74) is 0. The third kappa shape index (κ3) is 3.92. The lowest BCUT2D eigenvalue weighted by Gasteiger charge is -2.44. The molecule has 2 heterocycles. The molecule has 2 rings (SSSR count). The van der Waals surface area contributed by atoms with Gasteiger partial charge in [0.2, 0.25) is 0 Å². The van der Waals surface area contributed by atoms with E-state index in [-0.39, 0.29) is 12.6 Å². The summed E-state index contributed by atoms with van der Waals surface area (Å²) in [6.07, 6.45) is 5.27. The van der Waals surface area contributed by atoms with Gasteiger partial charge in [-0.1, -0.05) is 13.3 Å². The molecule has 0 aromatic carbocycles. The fourth-order valence-corrected chi connectivity index (χ4v) is 3.23. The molecule has 0 radical (unpaired) electrons. The van der Waals surface area contributed by atoms with Gasteiger partial charge in [-0.25, -0.2) is 0 Å². The average Bonchev–Trinajstić information content (AvgIpc) is 2.43. The van der Waals surface area contributed by atoms with Crippen LogP contribution >= 0.6 is 0 Å². The minimum Gasteiger partial charge on any atom is -0.395 e. The Bertz CT molecular complexity index is 237. The van der Waals surface area contributed by atoms with Gasteiger partial charge < -0.3 is 10.4 Å². The topological polar surface area (TPSA) is 38.7 Å². The lowest BCUT2D eigenvalue weighted by Crippen LogP contribution is -2.57. The van der Waals surface area contributed by atoms with E-state index >= 15 is 0 Å². The molecule has 0 amide bonds. The van der Waals surface area contributed by atoms with Gasteiger partial charge in [0.25, 0.3) is 0 Å². The van der Waals surface area contributed by atoms with Crippen molar-refractivity contribution in [1.29, 1.82) is 0 Å². The van der Waals surface area contributed by atoms with Crippen molar-refractivity contribution in [3.63, 3.8) is 0 Å². The molecule has 2 aliphatic heterocycles. The average molecular weight is 255 g/mol. The highest BCUT2D eigenvalue weighted by Crippen LogP contribution is 2.20. The number of fused-ring (bicyclic) bond motifs is 1. The van der Waals surface area contributed by atoms with Crippen molar-refractivity contribution < 1.29 is 5.11 Å². The third-order valence-electron chi connectivity index (χ3n) is 4.30. The molecule has 2 fully saturated rings. The molecule has 4 heteroatoms. The Balaban J connectivity index is 1.75. The van der Waals surface area contributed by atoms with E-state index in [1.165, 1.54) is 45.4 Å². The Morgan fingerprint density at radius 1 is 1.28 bits per heavy atom. The highest BCUT2D eigenvalue weighted by Gasteiger charge is 2.29. The van der Waals surface area contributed by atoms with E-state index in [1.807, 2.05) is 0 Å². The van der Waals surface area contributed by atoms with Crippen LogP contribution in [0, 0.1) is 0 Å². The molecule has 2 aliphatic rings.